The van der Waals surface area contributed by atoms with Gasteiger partial charge in [-0.15, -0.1) is 0 Å². The van der Waals surface area contributed by atoms with Crippen LogP contribution in [-0.2, 0) is 5.54 Å². The molecule has 0 radical (unpaired) electrons. The summed E-state index contributed by atoms with van der Waals surface area (Å²) < 4.78 is 0. The second-order valence-corrected chi connectivity index (χ2v) is 6.44. The Labute approximate surface area is 136 Å². The smallest absolute Gasteiger partial charge is 0.101 e. The zero-order chi connectivity index (χ0) is 15.3. The van der Waals surface area contributed by atoms with Crippen LogP contribution in [0.1, 0.15) is 34.1 Å². The maximum Gasteiger partial charge on any atom is 0.101 e. The molecule has 1 nitrogen and oxygen atoms in total. The van der Waals surface area contributed by atoms with Crippen LogP contribution in [0.15, 0.2) is 89.9 Å². The molecule has 3 atom stereocenters. The molecule has 1 saturated carbocycles. The number of nitrogens with zero attached hydrogens (tertiary/aromatic N) is 1. The van der Waals surface area contributed by atoms with Crippen LogP contribution in [0.2, 0.25) is 0 Å². The van der Waals surface area contributed by atoms with Gasteiger partial charge in [0.25, 0.3) is 0 Å². The van der Waals surface area contributed by atoms with Gasteiger partial charge >= 0.3 is 0 Å². The molecule has 1 heteroatoms. The third kappa shape index (κ3) is 1.71. The van der Waals surface area contributed by atoms with Gasteiger partial charge in [0.1, 0.15) is 5.54 Å². The molecule has 23 heavy (non-hydrogen) atoms. The van der Waals surface area contributed by atoms with Crippen molar-refractivity contribution in [2.75, 3.05) is 0 Å². The van der Waals surface area contributed by atoms with E-state index in [9.17, 15) is 0 Å². The number of aliphatic imine (C=N–C) groups is 1. The first-order chi connectivity index (χ1) is 11.4. The highest BCUT2D eigenvalue weighted by Gasteiger charge is 2.68. The van der Waals surface area contributed by atoms with Crippen LogP contribution in [0.4, 0.5) is 0 Å². The zero-order valence-corrected chi connectivity index (χ0v) is 12.8. The van der Waals surface area contributed by atoms with Crippen LogP contribution in [0, 0.1) is 0 Å². The van der Waals surface area contributed by atoms with Crippen LogP contribution in [-0.4, -0.2) is 6.21 Å². The van der Waals surface area contributed by atoms with Crippen LogP contribution >= 0.6 is 0 Å². The Bertz CT molecular complexity index is 876. The van der Waals surface area contributed by atoms with E-state index in [1.165, 1.54) is 22.3 Å². The predicted octanol–water partition coefficient (Wildman–Crippen LogP) is 4.90. The Balaban J connectivity index is 1.72. The number of hydrogen-bond acceptors (Lipinski definition) is 1. The van der Waals surface area contributed by atoms with Gasteiger partial charge in [-0.2, -0.15) is 0 Å². The fourth-order valence-corrected chi connectivity index (χ4v) is 4.29. The Morgan fingerprint density at radius 1 is 0.652 bits per heavy atom. The molecule has 3 aromatic carbocycles. The summed E-state index contributed by atoms with van der Waals surface area (Å²) in [5.74, 6) is 0.861. The quantitative estimate of drug-likeness (QED) is 0.638. The first-order valence-electron chi connectivity index (χ1n) is 8.16. The first-order valence-corrected chi connectivity index (χ1v) is 8.16. The van der Waals surface area contributed by atoms with E-state index < -0.39 is 0 Å². The summed E-state index contributed by atoms with van der Waals surface area (Å²) >= 11 is 0. The molecular formula is C22H17N. The fraction of sp³-hybridized carbons (Fsp3) is 0.136. The lowest BCUT2D eigenvalue weighted by Crippen LogP contribution is -2.13. The first kappa shape index (κ1) is 12.8. The lowest BCUT2D eigenvalue weighted by atomic mass is 9.94. The molecule has 0 aromatic heterocycles. The van der Waals surface area contributed by atoms with Crippen LogP contribution < -0.4 is 0 Å². The third-order valence-electron chi connectivity index (χ3n) is 5.32. The summed E-state index contributed by atoms with van der Waals surface area (Å²) in [6.07, 6.45) is 2.07. The van der Waals surface area contributed by atoms with E-state index in [1.54, 1.807) is 0 Å². The Morgan fingerprint density at radius 3 is 2.09 bits per heavy atom. The Kier molecular flexibility index (Phi) is 2.60. The van der Waals surface area contributed by atoms with Gasteiger partial charge in [0.05, 0.1) is 0 Å². The molecule has 0 amide bonds. The highest BCUT2D eigenvalue weighted by atomic mass is 15.0. The van der Waals surface area contributed by atoms with Crippen molar-refractivity contribution in [3.63, 3.8) is 0 Å². The summed E-state index contributed by atoms with van der Waals surface area (Å²) in [4.78, 5) is 5.08. The van der Waals surface area contributed by atoms with Crippen molar-refractivity contribution in [2.45, 2.75) is 17.4 Å². The van der Waals surface area contributed by atoms with Crippen molar-refractivity contribution < 1.29 is 0 Å². The van der Waals surface area contributed by atoms with Crippen molar-refractivity contribution in [3.8, 4) is 0 Å². The minimum absolute atomic E-state index is 0.128. The second kappa shape index (κ2) is 4.66. The predicted molar refractivity (Wildman–Crippen MR) is 94.1 cm³/mol. The molecule has 3 aromatic rings. The highest BCUT2D eigenvalue weighted by Crippen LogP contribution is 2.73. The standard InChI is InChI=1S/C22H17N/c1-3-9-16(10-4-1)20-21-19-14-8-7-11-17(19)15-23-22(20,21)18-12-5-2-6-13-18/h1-15,20-21H/t20-,21?,22-/m0/s1. The van der Waals surface area contributed by atoms with Gasteiger partial charge in [0.2, 0.25) is 0 Å². The Hall–Kier alpha value is -2.67. The number of rotatable bonds is 2. The SMILES string of the molecule is C1=N[C@]2(c3ccccc3)C(c3ccccc31)[C@@H]2c1ccccc1. The van der Waals surface area contributed by atoms with E-state index in [0.717, 1.165) is 0 Å². The number of hydrogen-bond donors (Lipinski definition) is 0. The average molecular weight is 295 g/mol. The summed E-state index contributed by atoms with van der Waals surface area (Å²) in [6, 6.07) is 30.3. The van der Waals surface area contributed by atoms with Crippen molar-refractivity contribution in [2.24, 2.45) is 4.99 Å². The van der Waals surface area contributed by atoms with Crippen LogP contribution in [0.25, 0.3) is 0 Å². The van der Waals surface area contributed by atoms with E-state index >= 15 is 0 Å². The lowest BCUT2D eigenvalue weighted by molar-refractivity contribution is 0.686. The Morgan fingerprint density at radius 2 is 1.30 bits per heavy atom. The van der Waals surface area contributed by atoms with E-state index in [1.807, 2.05) is 0 Å². The van der Waals surface area contributed by atoms with Gasteiger partial charge in [0, 0.05) is 18.1 Å². The van der Waals surface area contributed by atoms with Gasteiger partial charge in [0.15, 0.2) is 0 Å². The van der Waals surface area contributed by atoms with Crippen molar-refractivity contribution in [1.29, 1.82) is 0 Å². The summed E-state index contributed by atoms with van der Waals surface area (Å²) in [5, 5.41) is 0. The van der Waals surface area contributed by atoms with Crippen molar-refractivity contribution >= 4 is 6.21 Å². The largest absolute Gasteiger partial charge is 0.280 e. The van der Waals surface area contributed by atoms with Crippen LogP contribution in [0.5, 0.6) is 0 Å². The number of benzene rings is 3. The molecule has 1 heterocycles. The van der Waals surface area contributed by atoms with Gasteiger partial charge in [-0.1, -0.05) is 84.9 Å². The molecule has 0 N–H and O–H groups in total. The number of fused-ring (bicyclic) bond motifs is 3. The maximum absolute atomic E-state index is 5.08. The van der Waals surface area contributed by atoms with E-state index in [4.69, 9.17) is 4.99 Å². The maximum atomic E-state index is 5.08. The zero-order valence-electron chi connectivity index (χ0n) is 12.8. The van der Waals surface area contributed by atoms with Gasteiger partial charge in [-0.05, 0) is 22.3 Å². The molecule has 0 spiro atoms. The minimum Gasteiger partial charge on any atom is -0.280 e. The molecule has 1 aliphatic heterocycles. The van der Waals surface area contributed by atoms with E-state index in [2.05, 4.69) is 91.1 Å². The summed E-state index contributed by atoms with van der Waals surface area (Å²) in [5.41, 5.74) is 5.28. The van der Waals surface area contributed by atoms with Crippen molar-refractivity contribution in [3.05, 3.63) is 107 Å². The van der Waals surface area contributed by atoms with E-state index in [-0.39, 0.29) is 5.54 Å². The monoisotopic (exact) mass is 295 g/mol. The second-order valence-electron chi connectivity index (χ2n) is 6.44. The fourth-order valence-electron chi connectivity index (χ4n) is 4.29. The normalized spacial score (nSPS) is 27.1. The molecular weight excluding hydrogens is 278 g/mol. The third-order valence-corrected chi connectivity index (χ3v) is 5.32. The molecule has 1 unspecified atom stereocenters. The minimum atomic E-state index is -0.128. The topological polar surface area (TPSA) is 12.4 Å². The molecule has 5 rings (SSSR count). The summed E-state index contributed by atoms with van der Waals surface area (Å²) in [6.45, 7) is 0. The molecule has 0 bridgehead atoms. The average Bonchev–Trinajstić information content (AvgIpc) is 3.34. The van der Waals surface area contributed by atoms with Crippen LogP contribution in [0.3, 0.4) is 0 Å². The highest BCUT2D eigenvalue weighted by molar-refractivity contribution is 5.86. The van der Waals surface area contributed by atoms with Gasteiger partial charge in [-0.25, -0.2) is 0 Å². The van der Waals surface area contributed by atoms with Gasteiger partial charge in [-0.3, -0.25) is 4.99 Å². The van der Waals surface area contributed by atoms with Gasteiger partial charge < -0.3 is 0 Å². The molecule has 110 valence electrons. The molecule has 1 fully saturated rings. The van der Waals surface area contributed by atoms with E-state index in [0.29, 0.717) is 11.8 Å². The van der Waals surface area contributed by atoms with Crippen molar-refractivity contribution in [1.82, 2.24) is 0 Å². The summed E-state index contributed by atoms with van der Waals surface area (Å²) in [7, 11) is 0. The molecule has 0 saturated heterocycles. The molecule has 1 aliphatic carbocycles. The molecule has 2 aliphatic rings. The lowest BCUT2D eigenvalue weighted by Gasteiger charge is -2.19.